The lowest BCUT2D eigenvalue weighted by Crippen LogP contribution is -2.12. The van der Waals surface area contributed by atoms with Crippen LogP contribution in [0.4, 0.5) is 5.69 Å². The molecule has 0 fully saturated rings. The number of hydrogen-bond acceptors (Lipinski definition) is 3. The number of carbonyl (C=O) groups is 2. The molecule has 1 aliphatic carbocycles. The zero-order chi connectivity index (χ0) is 17.6. The predicted molar refractivity (Wildman–Crippen MR) is 96.1 cm³/mol. The Morgan fingerprint density at radius 3 is 2.36 bits per heavy atom. The third-order valence-electron chi connectivity index (χ3n) is 4.39. The van der Waals surface area contributed by atoms with Crippen LogP contribution >= 0.6 is 0 Å². The number of aromatic hydroxyl groups is 1. The number of amides is 1. The highest BCUT2D eigenvalue weighted by atomic mass is 16.3. The van der Waals surface area contributed by atoms with E-state index in [1.54, 1.807) is 42.5 Å². The van der Waals surface area contributed by atoms with Crippen LogP contribution in [0.25, 0.3) is 11.1 Å². The van der Waals surface area contributed by atoms with Crippen molar-refractivity contribution in [3.63, 3.8) is 0 Å². The number of nitrogens with one attached hydrogen (secondary N) is 1. The van der Waals surface area contributed by atoms with E-state index in [2.05, 4.69) is 5.32 Å². The van der Waals surface area contributed by atoms with Crippen LogP contribution in [-0.2, 0) is 0 Å². The number of carbonyl (C=O) groups excluding carboxylic acids is 2. The van der Waals surface area contributed by atoms with Crippen molar-refractivity contribution < 1.29 is 14.7 Å². The Kier molecular flexibility index (Phi) is 3.39. The van der Waals surface area contributed by atoms with Gasteiger partial charge < -0.3 is 10.4 Å². The summed E-state index contributed by atoms with van der Waals surface area (Å²) in [7, 11) is 0. The Labute approximate surface area is 144 Å². The first kappa shape index (κ1) is 15.1. The second-order valence-electron chi connectivity index (χ2n) is 6.11. The van der Waals surface area contributed by atoms with Crippen LogP contribution in [-0.4, -0.2) is 16.8 Å². The Morgan fingerprint density at radius 2 is 1.60 bits per heavy atom. The third-order valence-corrected chi connectivity index (χ3v) is 4.39. The molecule has 1 amide bonds. The Morgan fingerprint density at radius 1 is 0.880 bits per heavy atom. The molecule has 0 heterocycles. The van der Waals surface area contributed by atoms with Gasteiger partial charge in [-0.15, -0.1) is 0 Å². The zero-order valence-corrected chi connectivity index (χ0v) is 13.5. The number of phenolic OH excluding ortho intramolecular Hbond substituents is 1. The summed E-state index contributed by atoms with van der Waals surface area (Å²) in [5, 5.41) is 12.6. The van der Waals surface area contributed by atoms with Crippen molar-refractivity contribution in [2.24, 2.45) is 0 Å². The topological polar surface area (TPSA) is 66.4 Å². The summed E-state index contributed by atoms with van der Waals surface area (Å²) >= 11 is 0. The number of aryl methyl sites for hydroxylation is 1. The molecule has 3 aromatic carbocycles. The summed E-state index contributed by atoms with van der Waals surface area (Å²) in [6, 6.07) is 17.5. The molecule has 2 N–H and O–H groups in total. The number of ketones is 1. The minimum absolute atomic E-state index is 0.0120. The maximum absolute atomic E-state index is 12.5. The molecule has 0 saturated heterocycles. The van der Waals surface area contributed by atoms with Crippen LogP contribution in [0.1, 0.15) is 31.8 Å². The van der Waals surface area contributed by atoms with E-state index in [0.29, 0.717) is 22.4 Å². The first-order valence-electron chi connectivity index (χ1n) is 7.94. The van der Waals surface area contributed by atoms with Crippen molar-refractivity contribution in [1.29, 1.82) is 0 Å². The van der Waals surface area contributed by atoms with Crippen molar-refractivity contribution in [2.75, 3.05) is 5.32 Å². The molecule has 0 spiro atoms. The molecule has 3 aromatic rings. The third kappa shape index (κ3) is 2.48. The molecule has 122 valence electrons. The molecule has 0 atom stereocenters. The van der Waals surface area contributed by atoms with Gasteiger partial charge in [0.2, 0.25) is 0 Å². The molecule has 25 heavy (non-hydrogen) atoms. The zero-order valence-electron chi connectivity index (χ0n) is 13.5. The van der Waals surface area contributed by atoms with E-state index in [4.69, 9.17) is 0 Å². The van der Waals surface area contributed by atoms with E-state index < -0.39 is 0 Å². The van der Waals surface area contributed by atoms with Gasteiger partial charge in [-0.25, -0.2) is 0 Å². The lowest BCUT2D eigenvalue weighted by Gasteiger charge is -2.09. The quantitative estimate of drug-likeness (QED) is 0.543. The highest BCUT2D eigenvalue weighted by Crippen LogP contribution is 2.36. The van der Waals surface area contributed by atoms with Gasteiger partial charge in [-0.1, -0.05) is 36.4 Å². The van der Waals surface area contributed by atoms with Gasteiger partial charge in [-0.2, -0.15) is 0 Å². The van der Waals surface area contributed by atoms with Crippen LogP contribution in [0.5, 0.6) is 5.75 Å². The van der Waals surface area contributed by atoms with Gasteiger partial charge in [0.25, 0.3) is 5.91 Å². The van der Waals surface area contributed by atoms with Gasteiger partial charge in [-0.3, -0.25) is 9.59 Å². The molecule has 0 bridgehead atoms. The van der Waals surface area contributed by atoms with Crippen molar-refractivity contribution >= 4 is 17.4 Å². The largest absolute Gasteiger partial charge is 0.506 e. The van der Waals surface area contributed by atoms with Crippen LogP contribution in [0.2, 0.25) is 0 Å². The molecule has 0 saturated carbocycles. The van der Waals surface area contributed by atoms with E-state index in [0.717, 1.165) is 16.7 Å². The fourth-order valence-electron chi connectivity index (χ4n) is 3.11. The number of anilines is 1. The van der Waals surface area contributed by atoms with E-state index in [-0.39, 0.29) is 17.4 Å². The lowest BCUT2D eigenvalue weighted by molar-refractivity contribution is 0.102. The molecular weight excluding hydrogens is 314 g/mol. The maximum atomic E-state index is 12.5. The molecule has 4 rings (SSSR count). The van der Waals surface area contributed by atoms with Crippen LogP contribution in [0, 0.1) is 6.92 Å². The van der Waals surface area contributed by atoms with E-state index in [1.807, 2.05) is 25.1 Å². The van der Waals surface area contributed by atoms with E-state index in [9.17, 15) is 14.7 Å². The summed E-state index contributed by atoms with van der Waals surface area (Å²) in [6.07, 6.45) is 0. The van der Waals surface area contributed by atoms with E-state index in [1.165, 1.54) is 0 Å². The molecule has 0 radical (unpaired) electrons. The van der Waals surface area contributed by atoms with Gasteiger partial charge in [0.05, 0.1) is 5.69 Å². The second-order valence-corrected chi connectivity index (χ2v) is 6.11. The lowest BCUT2D eigenvalue weighted by atomic mass is 10.0. The number of phenols is 1. The van der Waals surface area contributed by atoms with E-state index >= 15 is 0 Å². The second kappa shape index (κ2) is 5.60. The number of hydrogen-bond donors (Lipinski definition) is 2. The van der Waals surface area contributed by atoms with Crippen molar-refractivity contribution in [1.82, 2.24) is 0 Å². The average Bonchev–Trinajstić information content (AvgIpc) is 2.90. The molecular formula is C21H15NO3. The summed E-state index contributed by atoms with van der Waals surface area (Å²) in [5.74, 6) is -0.429. The summed E-state index contributed by atoms with van der Waals surface area (Å²) in [4.78, 5) is 25.0. The Bertz CT molecular complexity index is 1040. The maximum Gasteiger partial charge on any atom is 0.255 e. The van der Waals surface area contributed by atoms with Gasteiger partial charge in [0.15, 0.2) is 5.78 Å². The van der Waals surface area contributed by atoms with Crippen molar-refractivity contribution in [2.45, 2.75) is 6.92 Å². The van der Waals surface area contributed by atoms with Gasteiger partial charge >= 0.3 is 0 Å². The highest BCUT2D eigenvalue weighted by molar-refractivity contribution is 6.22. The number of rotatable bonds is 2. The van der Waals surface area contributed by atoms with Crippen molar-refractivity contribution in [3.8, 4) is 16.9 Å². The summed E-state index contributed by atoms with van der Waals surface area (Å²) in [6.45, 7) is 1.86. The molecule has 0 unspecified atom stereocenters. The van der Waals surface area contributed by atoms with Crippen LogP contribution in [0.15, 0.2) is 60.7 Å². The molecule has 0 aliphatic heterocycles. The van der Waals surface area contributed by atoms with Gasteiger partial charge in [0.1, 0.15) is 5.75 Å². The SMILES string of the molecule is Cc1ccc(NC(=O)c2ccc3c(c2)C(=O)c2ccccc2-3)c(O)c1. The average molecular weight is 329 g/mol. The van der Waals surface area contributed by atoms with Gasteiger partial charge in [0, 0.05) is 16.7 Å². The minimum Gasteiger partial charge on any atom is -0.506 e. The fourth-order valence-corrected chi connectivity index (χ4v) is 3.11. The summed E-state index contributed by atoms with van der Waals surface area (Å²) in [5.41, 5.74) is 4.54. The normalized spacial score (nSPS) is 11.8. The number of fused-ring (bicyclic) bond motifs is 3. The molecule has 0 aromatic heterocycles. The highest BCUT2D eigenvalue weighted by Gasteiger charge is 2.27. The van der Waals surface area contributed by atoms with Crippen LogP contribution in [0.3, 0.4) is 0 Å². The Hall–Kier alpha value is -3.40. The monoisotopic (exact) mass is 329 g/mol. The number of benzene rings is 3. The predicted octanol–water partition coefficient (Wildman–Crippen LogP) is 4.16. The minimum atomic E-state index is -0.370. The van der Waals surface area contributed by atoms with Crippen LogP contribution < -0.4 is 5.32 Å². The molecule has 4 nitrogen and oxygen atoms in total. The first-order valence-corrected chi connectivity index (χ1v) is 7.94. The summed E-state index contributed by atoms with van der Waals surface area (Å²) < 4.78 is 0. The molecule has 1 aliphatic rings. The van der Waals surface area contributed by atoms with Gasteiger partial charge in [-0.05, 0) is 47.9 Å². The first-order chi connectivity index (χ1) is 12.0. The fraction of sp³-hybridized carbons (Fsp3) is 0.0476. The van der Waals surface area contributed by atoms with Crippen molar-refractivity contribution in [3.05, 3.63) is 82.9 Å². The molecule has 4 heteroatoms. The Balaban J connectivity index is 1.67. The standard InChI is InChI=1S/C21H15NO3/c1-12-6-9-18(19(23)10-12)22-21(25)13-7-8-15-14-4-2-3-5-16(14)20(24)17(15)11-13/h2-11,23H,1H3,(H,22,25). The smallest absolute Gasteiger partial charge is 0.255 e.